The molecule has 174 valence electrons. The van der Waals surface area contributed by atoms with Crippen molar-refractivity contribution in [1.82, 2.24) is 15.5 Å². The van der Waals surface area contributed by atoms with Crippen LogP contribution in [0.15, 0.2) is 12.1 Å². The van der Waals surface area contributed by atoms with Gasteiger partial charge < -0.3 is 29.7 Å². The van der Waals surface area contributed by atoms with Gasteiger partial charge in [-0.1, -0.05) is 13.8 Å². The molecule has 8 nitrogen and oxygen atoms in total. The van der Waals surface area contributed by atoms with Gasteiger partial charge in [0.2, 0.25) is 11.7 Å². The van der Waals surface area contributed by atoms with Crippen molar-refractivity contribution in [3.8, 4) is 17.2 Å². The SMILES string of the molecule is COc1cc(C2CN(C(=O)NC(C)C)CC2C(=O)NCCC(C)C)cc(OC)c1OC. The quantitative estimate of drug-likeness (QED) is 0.622. The Morgan fingerprint density at radius 2 is 1.65 bits per heavy atom. The number of hydrogen-bond acceptors (Lipinski definition) is 5. The minimum Gasteiger partial charge on any atom is -0.493 e. The van der Waals surface area contributed by atoms with Crippen molar-refractivity contribution < 1.29 is 23.8 Å². The zero-order valence-corrected chi connectivity index (χ0v) is 19.8. The van der Waals surface area contributed by atoms with E-state index in [0.29, 0.717) is 42.8 Å². The monoisotopic (exact) mass is 435 g/mol. The standard InChI is InChI=1S/C23H37N3O5/c1-14(2)8-9-24-22(27)18-13-26(23(28)25-15(3)4)12-17(18)16-10-19(29-5)21(31-7)20(11-16)30-6/h10-11,14-15,17-18H,8-9,12-13H2,1-7H3,(H,24,27)(H,25,28). The summed E-state index contributed by atoms with van der Waals surface area (Å²) in [5.74, 6) is 1.46. The topological polar surface area (TPSA) is 89.1 Å². The first-order valence-electron chi connectivity index (χ1n) is 10.8. The van der Waals surface area contributed by atoms with Crippen molar-refractivity contribution in [1.29, 1.82) is 0 Å². The van der Waals surface area contributed by atoms with E-state index < -0.39 is 0 Å². The van der Waals surface area contributed by atoms with Crippen LogP contribution in [0, 0.1) is 11.8 Å². The predicted molar refractivity (Wildman–Crippen MR) is 120 cm³/mol. The highest BCUT2D eigenvalue weighted by Crippen LogP contribution is 2.43. The van der Waals surface area contributed by atoms with Gasteiger partial charge in [0.1, 0.15) is 0 Å². The van der Waals surface area contributed by atoms with E-state index in [4.69, 9.17) is 14.2 Å². The molecule has 0 saturated carbocycles. The Morgan fingerprint density at radius 3 is 2.13 bits per heavy atom. The second kappa shape index (κ2) is 11.1. The number of urea groups is 1. The molecule has 0 spiro atoms. The van der Waals surface area contributed by atoms with Crippen LogP contribution in [0.1, 0.15) is 45.6 Å². The highest BCUT2D eigenvalue weighted by atomic mass is 16.5. The van der Waals surface area contributed by atoms with Gasteiger partial charge in [0.15, 0.2) is 11.5 Å². The first kappa shape index (κ1) is 24.6. The molecule has 0 aromatic heterocycles. The molecule has 1 heterocycles. The van der Waals surface area contributed by atoms with E-state index in [0.717, 1.165) is 12.0 Å². The Hall–Kier alpha value is -2.64. The summed E-state index contributed by atoms with van der Waals surface area (Å²) in [4.78, 5) is 27.4. The maximum atomic E-state index is 13.1. The van der Waals surface area contributed by atoms with Gasteiger partial charge in [0.05, 0.1) is 27.2 Å². The molecule has 1 saturated heterocycles. The number of nitrogens with one attached hydrogen (secondary N) is 2. The predicted octanol–water partition coefficient (Wildman–Crippen LogP) is 3.01. The van der Waals surface area contributed by atoms with E-state index >= 15 is 0 Å². The molecular weight excluding hydrogens is 398 g/mol. The van der Waals surface area contributed by atoms with Crippen molar-refractivity contribution in [2.45, 2.75) is 46.1 Å². The Kier molecular flexibility index (Phi) is 8.83. The summed E-state index contributed by atoms with van der Waals surface area (Å²) in [6.45, 7) is 9.48. The van der Waals surface area contributed by atoms with Gasteiger partial charge in [-0.25, -0.2) is 4.79 Å². The average molecular weight is 436 g/mol. The number of nitrogens with zero attached hydrogens (tertiary/aromatic N) is 1. The van der Waals surface area contributed by atoms with Crippen LogP contribution >= 0.6 is 0 Å². The van der Waals surface area contributed by atoms with E-state index in [-0.39, 0.29) is 29.8 Å². The van der Waals surface area contributed by atoms with Gasteiger partial charge in [0, 0.05) is 31.6 Å². The molecule has 2 rings (SSSR count). The van der Waals surface area contributed by atoms with Crippen LogP contribution in [0.5, 0.6) is 17.2 Å². The number of hydrogen-bond donors (Lipinski definition) is 2. The van der Waals surface area contributed by atoms with Crippen LogP contribution in [0.4, 0.5) is 4.79 Å². The summed E-state index contributed by atoms with van der Waals surface area (Å²) in [5, 5.41) is 5.97. The van der Waals surface area contributed by atoms with Crippen LogP contribution < -0.4 is 24.8 Å². The summed E-state index contributed by atoms with van der Waals surface area (Å²) < 4.78 is 16.4. The third kappa shape index (κ3) is 6.18. The Morgan fingerprint density at radius 1 is 1.03 bits per heavy atom. The highest BCUT2D eigenvalue weighted by Gasteiger charge is 2.41. The van der Waals surface area contributed by atoms with E-state index in [1.165, 1.54) is 0 Å². The fourth-order valence-electron chi connectivity index (χ4n) is 3.84. The fourth-order valence-corrected chi connectivity index (χ4v) is 3.84. The first-order valence-corrected chi connectivity index (χ1v) is 10.8. The molecular formula is C23H37N3O5. The molecule has 2 unspecified atom stereocenters. The van der Waals surface area contributed by atoms with Gasteiger partial charge in [-0.05, 0) is 43.9 Å². The lowest BCUT2D eigenvalue weighted by molar-refractivity contribution is -0.124. The molecule has 1 aliphatic heterocycles. The van der Waals surface area contributed by atoms with Crippen LogP contribution in [0.2, 0.25) is 0 Å². The van der Waals surface area contributed by atoms with E-state index in [9.17, 15) is 9.59 Å². The van der Waals surface area contributed by atoms with Crippen molar-refractivity contribution in [3.63, 3.8) is 0 Å². The number of likely N-dealkylation sites (tertiary alicyclic amines) is 1. The third-order valence-corrected chi connectivity index (χ3v) is 5.49. The van der Waals surface area contributed by atoms with E-state index in [1.807, 2.05) is 26.0 Å². The molecule has 0 aliphatic carbocycles. The summed E-state index contributed by atoms with van der Waals surface area (Å²) in [6, 6.07) is 3.59. The Balaban J connectivity index is 2.35. The Labute approximate surface area is 185 Å². The molecule has 1 aromatic rings. The largest absolute Gasteiger partial charge is 0.493 e. The van der Waals surface area contributed by atoms with Crippen LogP contribution in [-0.4, -0.2) is 63.8 Å². The molecule has 1 aromatic carbocycles. The number of ether oxygens (including phenoxy) is 3. The van der Waals surface area contributed by atoms with Crippen LogP contribution in [0.25, 0.3) is 0 Å². The lowest BCUT2D eigenvalue weighted by Gasteiger charge is -2.21. The molecule has 8 heteroatoms. The first-order chi connectivity index (χ1) is 14.7. The van der Waals surface area contributed by atoms with Gasteiger partial charge in [-0.15, -0.1) is 0 Å². The average Bonchev–Trinajstić information content (AvgIpc) is 3.17. The van der Waals surface area contributed by atoms with E-state index in [2.05, 4.69) is 24.5 Å². The van der Waals surface area contributed by atoms with Gasteiger partial charge in [0.25, 0.3) is 0 Å². The minimum absolute atomic E-state index is 0.0195. The second-order valence-corrected chi connectivity index (χ2v) is 8.65. The van der Waals surface area contributed by atoms with Gasteiger partial charge in [-0.2, -0.15) is 0 Å². The van der Waals surface area contributed by atoms with Crippen molar-refractivity contribution in [3.05, 3.63) is 17.7 Å². The smallest absolute Gasteiger partial charge is 0.317 e. The lowest BCUT2D eigenvalue weighted by Crippen LogP contribution is -2.42. The summed E-state index contributed by atoms with van der Waals surface area (Å²) in [6.07, 6.45) is 0.908. The number of benzene rings is 1. The Bertz CT molecular complexity index is 741. The number of carbonyl (C=O) groups excluding carboxylic acids is 2. The summed E-state index contributed by atoms with van der Waals surface area (Å²) in [5.41, 5.74) is 0.873. The number of carbonyl (C=O) groups is 2. The summed E-state index contributed by atoms with van der Waals surface area (Å²) >= 11 is 0. The fraction of sp³-hybridized carbons (Fsp3) is 0.652. The normalized spacial score (nSPS) is 18.3. The van der Waals surface area contributed by atoms with E-state index in [1.54, 1.807) is 26.2 Å². The molecule has 3 amide bonds. The van der Waals surface area contributed by atoms with Crippen LogP contribution in [-0.2, 0) is 4.79 Å². The number of methoxy groups -OCH3 is 3. The highest BCUT2D eigenvalue weighted by molar-refractivity contribution is 5.83. The molecule has 2 atom stereocenters. The van der Waals surface area contributed by atoms with Gasteiger partial charge >= 0.3 is 6.03 Å². The number of amides is 3. The number of rotatable bonds is 9. The molecule has 1 fully saturated rings. The third-order valence-electron chi connectivity index (χ3n) is 5.49. The zero-order chi connectivity index (χ0) is 23.1. The van der Waals surface area contributed by atoms with Crippen molar-refractivity contribution in [2.75, 3.05) is 41.0 Å². The lowest BCUT2D eigenvalue weighted by atomic mass is 9.87. The molecule has 2 N–H and O–H groups in total. The molecule has 31 heavy (non-hydrogen) atoms. The maximum Gasteiger partial charge on any atom is 0.317 e. The van der Waals surface area contributed by atoms with Crippen molar-refractivity contribution in [2.24, 2.45) is 11.8 Å². The molecule has 0 bridgehead atoms. The molecule has 0 radical (unpaired) electrons. The van der Waals surface area contributed by atoms with Crippen molar-refractivity contribution >= 4 is 11.9 Å². The second-order valence-electron chi connectivity index (χ2n) is 8.65. The maximum absolute atomic E-state index is 13.1. The molecule has 1 aliphatic rings. The summed E-state index contributed by atoms with van der Waals surface area (Å²) in [7, 11) is 4.68. The van der Waals surface area contributed by atoms with Gasteiger partial charge in [-0.3, -0.25) is 4.79 Å². The minimum atomic E-state index is -0.368. The zero-order valence-electron chi connectivity index (χ0n) is 19.8. The van der Waals surface area contributed by atoms with Crippen LogP contribution in [0.3, 0.4) is 0 Å².